The Balaban J connectivity index is 1.52. The van der Waals surface area contributed by atoms with E-state index in [2.05, 4.69) is 25.7 Å². The fraction of sp³-hybridized carbons (Fsp3) is 0.300. The van der Waals surface area contributed by atoms with Gasteiger partial charge in [0.25, 0.3) is 11.8 Å². The molecule has 19 heteroatoms. The van der Waals surface area contributed by atoms with E-state index in [1.165, 1.54) is 35.7 Å². The zero-order chi connectivity index (χ0) is 28.3. The van der Waals surface area contributed by atoms with E-state index in [0.29, 0.717) is 5.57 Å². The summed E-state index contributed by atoms with van der Waals surface area (Å²) in [4.78, 5) is 71.4. The second-order valence-electron chi connectivity index (χ2n) is 7.73. The first-order valence-corrected chi connectivity index (χ1v) is 13.8. The molecule has 0 bridgehead atoms. The van der Waals surface area contributed by atoms with E-state index in [1.54, 1.807) is 0 Å². The Morgan fingerprint density at radius 1 is 1.41 bits per heavy atom. The Morgan fingerprint density at radius 2 is 2.18 bits per heavy atom. The highest BCUT2D eigenvalue weighted by Crippen LogP contribution is 2.41. The van der Waals surface area contributed by atoms with Gasteiger partial charge in [0.1, 0.15) is 29.9 Å². The van der Waals surface area contributed by atoms with Gasteiger partial charge in [-0.25, -0.2) is 14.9 Å². The molecule has 0 radical (unpaired) electrons. The van der Waals surface area contributed by atoms with Crippen LogP contribution in [0.5, 0.6) is 0 Å². The number of allylic oxidation sites excluding steroid dienone is 1. The van der Waals surface area contributed by atoms with Crippen LogP contribution in [0.25, 0.3) is 0 Å². The maximum Gasteiger partial charge on any atom is 0.352 e. The highest BCUT2D eigenvalue weighted by Gasteiger charge is 2.54. The molecule has 2 aromatic rings. The van der Waals surface area contributed by atoms with Crippen LogP contribution in [0.4, 0.5) is 5.13 Å². The number of carboxylic acids is 1. The largest absolute Gasteiger partial charge is 0.477 e. The number of nitrogen functional groups attached to an aromatic ring is 1. The lowest BCUT2D eigenvalue weighted by molar-refractivity contribution is -0.150. The van der Waals surface area contributed by atoms with Crippen LogP contribution >= 0.6 is 34.9 Å². The van der Waals surface area contributed by atoms with Gasteiger partial charge in [0.15, 0.2) is 16.0 Å². The molecule has 2 amide bonds. The van der Waals surface area contributed by atoms with E-state index in [9.17, 15) is 29.1 Å². The molecule has 39 heavy (non-hydrogen) atoms. The normalized spacial score (nSPS) is 19.2. The van der Waals surface area contributed by atoms with E-state index < -0.39 is 40.3 Å². The molecule has 16 nitrogen and oxygen atoms in total. The minimum atomic E-state index is -1.33. The van der Waals surface area contributed by atoms with Crippen LogP contribution in [-0.2, 0) is 25.8 Å². The van der Waals surface area contributed by atoms with Gasteiger partial charge in [-0.2, -0.15) is 0 Å². The van der Waals surface area contributed by atoms with Crippen LogP contribution in [0.15, 0.2) is 48.0 Å². The standard InChI is InChI=1S/C20H21N9O7S3/c1-36-27-10(9-7-39-19(22)23-9)13(30)24-11-15(32)29-12(18(34)35)8(6-38-17(11)29)2-5-37-20-26-25-14(31)16(33)28(20)4-3-21/h2,5,7,11,17H,3-4,6,21H2,1H3,(H2,22,23)(H,24,30)(H,25,31)(H,34,35)/b5-2+,27-10-. The number of thiazole rings is 1. The van der Waals surface area contributed by atoms with Crippen molar-refractivity contribution in [2.45, 2.75) is 23.1 Å². The van der Waals surface area contributed by atoms with Crippen molar-refractivity contribution in [2.75, 3.05) is 25.1 Å². The quantitative estimate of drug-likeness (QED) is 0.0679. The first-order chi connectivity index (χ1) is 18.7. The highest BCUT2D eigenvalue weighted by atomic mass is 32.2. The number of nitrogens with one attached hydrogen (secondary N) is 2. The average Bonchev–Trinajstić information content (AvgIpc) is 3.34. The summed E-state index contributed by atoms with van der Waals surface area (Å²) in [6.45, 7) is 0.161. The number of carbonyl (C=O) groups is 3. The van der Waals surface area contributed by atoms with Crippen molar-refractivity contribution in [1.82, 2.24) is 30.0 Å². The van der Waals surface area contributed by atoms with Crippen LogP contribution in [0.2, 0.25) is 0 Å². The van der Waals surface area contributed by atoms with Crippen LogP contribution in [-0.4, -0.2) is 84.1 Å². The average molecular weight is 596 g/mol. The van der Waals surface area contributed by atoms with Crippen molar-refractivity contribution in [3.05, 3.63) is 54.5 Å². The van der Waals surface area contributed by atoms with Gasteiger partial charge in [-0.1, -0.05) is 16.9 Å². The predicted octanol–water partition coefficient (Wildman–Crippen LogP) is -1.68. The third-order valence-corrected chi connectivity index (χ3v) is 8.14. The lowest BCUT2D eigenvalue weighted by Gasteiger charge is -2.49. The smallest absolute Gasteiger partial charge is 0.352 e. The number of carboxylic acid groups (broad SMARTS) is 1. The van der Waals surface area contributed by atoms with Gasteiger partial charge in [-0.15, -0.1) is 28.2 Å². The number of aromatic amines is 1. The summed E-state index contributed by atoms with van der Waals surface area (Å²) in [5.74, 6) is -2.48. The summed E-state index contributed by atoms with van der Waals surface area (Å²) in [5.41, 5.74) is 9.50. The number of fused-ring (bicyclic) bond motifs is 1. The van der Waals surface area contributed by atoms with E-state index in [0.717, 1.165) is 32.6 Å². The monoisotopic (exact) mass is 595 g/mol. The van der Waals surface area contributed by atoms with Crippen LogP contribution < -0.4 is 27.9 Å². The topological polar surface area (TPSA) is 241 Å². The number of oxime groups is 1. The van der Waals surface area contributed by atoms with Crippen LogP contribution in [0, 0.1) is 0 Å². The van der Waals surface area contributed by atoms with Gasteiger partial charge in [-0.05, 0) is 17.1 Å². The number of carbonyl (C=O) groups excluding carboxylic acids is 2. The summed E-state index contributed by atoms with van der Waals surface area (Å²) in [7, 11) is 1.25. The number of nitrogens with two attached hydrogens (primary N) is 2. The second-order valence-corrected chi connectivity index (χ2v) is 10.6. The van der Waals surface area contributed by atoms with Crippen molar-refractivity contribution in [2.24, 2.45) is 10.9 Å². The van der Waals surface area contributed by atoms with E-state index >= 15 is 0 Å². The number of hydrogen-bond acceptors (Lipinski definition) is 14. The zero-order valence-corrected chi connectivity index (χ0v) is 22.5. The fourth-order valence-electron chi connectivity index (χ4n) is 3.68. The summed E-state index contributed by atoms with van der Waals surface area (Å²) in [6.07, 6.45) is 1.48. The Kier molecular flexibility index (Phi) is 8.53. The van der Waals surface area contributed by atoms with Crippen LogP contribution in [0.3, 0.4) is 0 Å². The lowest BCUT2D eigenvalue weighted by atomic mass is 10.0. The molecule has 2 aliphatic rings. The predicted molar refractivity (Wildman–Crippen MR) is 143 cm³/mol. The molecule has 2 aliphatic heterocycles. The van der Waals surface area contributed by atoms with Gasteiger partial charge in [0.2, 0.25) is 0 Å². The first-order valence-electron chi connectivity index (χ1n) is 10.9. The maximum atomic E-state index is 13.0. The fourth-order valence-corrected chi connectivity index (χ4v) is 6.30. The first kappa shape index (κ1) is 28.1. The van der Waals surface area contributed by atoms with E-state index in [4.69, 9.17) is 16.3 Å². The number of nitrogens with zero attached hydrogens (tertiary/aromatic N) is 5. The SMILES string of the molecule is CO/N=C(\C(=O)NC1C(=O)N2C(C(=O)O)=C(/C=C/Sc3n[nH]c(=O)c(=O)n3CCN)CSC12)c1csc(N)n1. The van der Waals surface area contributed by atoms with Crippen LogP contribution in [0.1, 0.15) is 5.69 Å². The number of β-lactam (4-membered cyclic amide) rings is 1. The number of rotatable bonds is 10. The Bertz CT molecular complexity index is 1530. The number of hydrogen-bond donors (Lipinski definition) is 5. The summed E-state index contributed by atoms with van der Waals surface area (Å²) in [5, 5.41) is 24.8. The van der Waals surface area contributed by atoms with Gasteiger partial charge in [-0.3, -0.25) is 28.6 Å². The summed E-state index contributed by atoms with van der Waals surface area (Å²) < 4.78 is 1.11. The third kappa shape index (κ3) is 5.60. The molecule has 1 saturated heterocycles. The van der Waals surface area contributed by atoms with Crippen molar-refractivity contribution in [3.63, 3.8) is 0 Å². The molecular weight excluding hydrogens is 574 g/mol. The molecular formula is C20H21N9O7S3. The van der Waals surface area contributed by atoms with Crippen molar-refractivity contribution in [3.8, 4) is 0 Å². The molecule has 4 rings (SSSR count). The molecule has 2 unspecified atom stereocenters. The number of aliphatic carboxylic acids is 1. The third-order valence-electron chi connectivity index (χ3n) is 5.37. The molecule has 2 aromatic heterocycles. The number of H-pyrrole nitrogens is 1. The van der Waals surface area contributed by atoms with E-state index in [1.807, 2.05) is 0 Å². The molecule has 4 heterocycles. The number of thioether (sulfide) groups is 2. The lowest BCUT2D eigenvalue weighted by Crippen LogP contribution is -2.71. The van der Waals surface area contributed by atoms with Gasteiger partial charge in [0, 0.05) is 24.2 Å². The molecule has 0 aliphatic carbocycles. The summed E-state index contributed by atoms with van der Waals surface area (Å²) >= 11 is 3.31. The Labute approximate surface area is 231 Å². The van der Waals surface area contributed by atoms with Crippen molar-refractivity contribution in [1.29, 1.82) is 0 Å². The molecule has 7 N–H and O–H groups in total. The number of anilines is 1. The highest BCUT2D eigenvalue weighted by molar-refractivity contribution is 8.02. The maximum absolute atomic E-state index is 13.0. The molecule has 1 fully saturated rings. The van der Waals surface area contributed by atoms with Gasteiger partial charge < -0.3 is 26.7 Å². The van der Waals surface area contributed by atoms with Gasteiger partial charge in [0.05, 0.1) is 0 Å². The molecule has 0 saturated carbocycles. The molecule has 0 spiro atoms. The van der Waals surface area contributed by atoms with Gasteiger partial charge >= 0.3 is 17.1 Å². The number of aromatic nitrogens is 4. The Hall–Kier alpha value is -3.94. The second kappa shape index (κ2) is 11.8. The van der Waals surface area contributed by atoms with E-state index in [-0.39, 0.29) is 46.2 Å². The molecule has 206 valence electrons. The summed E-state index contributed by atoms with van der Waals surface area (Å²) in [6, 6.07) is -1.01. The van der Waals surface area contributed by atoms with Crippen molar-refractivity contribution < 1.29 is 24.3 Å². The minimum Gasteiger partial charge on any atom is -0.477 e. The van der Waals surface area contributed by atoms with Crippen molar-refractivity contribution >= 4 is 63.5 Å². The molecule has 2 atom stereocenters. The molecule has 0 aromatic carbocycles. The Morgan fingerprint density at radius 3 is 2.82 bits per heavy atom. The minimum absolute atomic E-state index is 0.0641. The zero-order valence-electron chi connectivity index (χ0n) is 20.0. The number of amides is 2.